The monoisotopic (exact) mass is 514 g/mol. The first-order valence-corrected chi connectivity index (χ1v) is 12.3. The summed E-state index contributed by atoms with van der Waals surface area (Å²) in [6.07, 6.45) is 0.125. The molecular formula is C28H29Cl2FN2O2. The van der Waals surface area contributed by atoms with Crippen molar-refractivity contribution in [2.24, 2.45) is 5.92 Å². The number of carbonyl (C=O) groups is 2. The van der Waals surface area contributed by atoms with Crippen LogP contribution in [-0.2, 0) is 29.0 Å². The Labute approximate surface area is 216 Å². The van der Waals surface area contributed by atoms with E-state index in [1.54, 1.807) is 36.4 Å². The Morgan fingerprint density at radius 3 is 2.29 bits per heavy atom. The highest BCUT2D eigenvalue weighted by molar-refractivity contribution is 6.35. The maximum Gasteiger partial charge on any atom is 0.243 e. The summed E-state index contributed by atoms with van der Waals surface area (Å²) in [4.78, 5) is 28.5. The Bertz CT molecular complexity index is 1150. The van der Waals surface area contributed by atoms with E-state index in [9.17, 15) is 14.0 Å². The number of hydrogen-bond acceptors (Lipinski definition) is 2. The third kappa shape index (κ3) is 7.81. The zero-order valence-corrected chi connectivity index (χ0v) is 21.3. The lowest BCUT2D eigenvalue weighted by Gasteiger charge is -2.32. The molecule has 184 valence electrons. The Hall–Kier alpha value is -2.89. The van der Waals surface area contributed by atoms with Gasteiger partial charge < -0.3 is 10.2 Å². The van der Waals surface area contributed by atoms with Crippen molar-refractivity contribution < 1.29 is 14.0 Å². The van der Waals surface area contributed by atoms with Gasteiger partial charge in [-0.25, -0.2) is 4.39 Å². The van der Waals surface area contributed by atoms with Gasteiger partial charge in [-0.05, 0) is 40.8 Å². The highest BCUT2D eigenvalue weighted by Crippen LogP contribution is 2.25. The van der Waals surface area contributed by atoms with Gasteiger partial charge in [0, 0.05) is 29.6 Å². The molecule has 7 heteroatoms. The highest BCUT2D eigenvalue weighted by Gasteiger charge is 2.31. The molecule has 0 bridgehead atoms. The van der Waals surface area contributed by atoms with Gasteiger partial charge in [-0.1, -0.05) is 91.6 Å². The Morgan fingerprint density at radius 2 is 1.63 bits per heavy atom. The van der Waals surface area contributed by atoms with Crippen LogP contribution in [0.3, 0.4) is 0 Å². The van der Waals surface area contributed by atoms with Crippen LogP contribution in [-0.4, -0.2) is 29.3 Å². The van der Waals surface area contributed by atoms with Gasteiger partial charge in [-0.2, -0.15) is 0 Å². The van der Waals surface area contributed by atoms with Crippen molar-refractivity contribution in [3.63, 3.8) is 0 Å². The Balaban J connectivity index is 2.00. The normalized spacial score (nSPS) is 11.8. The fraction of sp³-hybridized carbons (Fsp3) is 0.286. The van der Waals surface area contributed by atoms with E-state index >= 15 is 0 Å². The minimum Gasteiger partial charge on any atom is -0.354 e. The summed E-state index contributed by atoms with van der Waals surface area (Å²) in [7, 11) is 0. The molecule has 0 spiro atoms. The molecule has 0 aromatic heterocycles. The maximum absolute atomic E-state index is 14.4. The maximum atomic E-state index is 14.4. The van der Waals surface area contributed by atoms with E-state index in [-0.39, 0.29) is 36.3 Å². The lowest BCUT2D eigenvalue weighted by atomic mass is 10.0. The number of carbonyl (C=O) groups excluding carboxylic acids is 2. The second-order valence-electron chi connectivity index (χ2n) is 8.87. The van der Waals surface area contributed by atoms with E-state index in [1.807, 2.05) is 44.2 Å². The van der Waals surface area contributed by atoms with Crippen LogP contribution in [0.5, 0.6) is 0 Å². The van der Waals surface area contributed by atoms with E-state index in [2.05, 4.69) is 5.32 Å². The second-order valence-corrected chi connectivity index (χ2v) is 9.71. The fourth-order valence-corrected chi connectivity index (χ4v) is 4.18. The largest absolute Gasteiger partial charge is 0.354 e. The van der Waals surface area contributed by atoms with Crippen molar-refractivity contribution in [2.45, 2.75) is 39.3 Å². The number of benzene rings is 3. The van der Waals surface area contributed by atoms with Gasteiger partial charge in [0.25, 0.3) is 0 Å². The van der Waals surface area contributed by atoms with Gasteiger partial charge in [-0.15, -0.1) is 0 Å². The molecule has 0 aliphatic heterocycles. The summed E-state index contributed by atoms with van der Waals surface area (Å²) < 4.78 is 14.4. The predicted octanol–water partition coefficient (Wildman–Crippen LogP) is 6.09. The topological polar surface area (TPSA) is 49.4 Å². The Kier molecular flexibility index (Phi) is 9.70. The molecule has 3 aromatic carbocycles. The van der Waals surface area contributed by atoms with Crippen LogP contribution in [0.15, 0.2) is 72.8 Å². The Morgan fingerprint density at radius 1 is 0.943 bits per heavy atom. The van der Waals surface area contributed by atoms with Gasteiger partial charge in [0.2, 0.25) is 11.8 Å². The van der Waals surface area contributed by atoms with Crippen LogP contribution >= 0.6 is 23.2 Å². The minimum absolute atomic E-state index is 0.0793. The van der Waals surface area contributed by atoms with Crippen LogP contribution in [0.25, 0.3) is 0 Å². The van der Waals surface area contributed by atoms with Gasteiger partial charge >= 0.3 is 0 Å². The standard InChI is InChI=1S/C28H29Cl2FN2O2/c1-19(2)17-32-28(35)26(14-20-8-4-3-5-9-20)33(18-22-12-13-23(29)16-24(22)30)27(34)15-21-10-6-7-11-25(21)31/h3-13,16,19,26H,14-15,17-18H2,1-2H3,(H,32,35)/t26-/m1/s1. The van der Waals surface area contributed by atoms with Crippen molar-refractivity contribution in [2.75, 3.05) is 6.54 Å². The molecule has 0 saturated carbocycles. The molecule has 0 saturated heterocycles. The predicted molar refractivity (Wildman–Crippen MR) is 139 cm³/mol. The summed E-state index contributed by atoms with van der Waals surface area (Å²) in [5, 5.41) is 3.82. The first-order valence-electron chi connectivity index (χ1n) is 11.5. The number of nitrogens with one attached hydrogen (secondary N) is 1. The molecule has 1 N–H and O–H groups in total. The number of nitrogens with zero attached hydrogens (tertiary/aromatic N) is 1. The molecule has 3 rings (SSSR count). The molecule has 35 heavy (non-hydrogen) atoms. The molecule has 0 heterocycles. The summed E-state index contributed by atoms with van der Waals surface area (Å²) in [5.74, 6) is -0.866. The SMILES string of the molecule is CC(C)CNC(=O)[C@@H](Cc1ccccc1)N(Cc1ccc(Cl)cc1Cl)C(=O)Cc1ccccc1F. The number of hydrogen-bond donors (Lipinski definition) is 1. The smallest absolute Gasteiger partial charge is 0.243 e. The average molecular weight is 515 g/mol. The molecule has 3 aromatic rings. The van der Waals surface area contributed by atoms with Gasteiger partial charge in [0.1, 0.15) is 11.9 Å². The zero-order chi connectivity index (χ0) is 25.4. The lowest BCUT2D eigenvalue weighted by molar-refractivity contribution is -0.140. The van der Waals surface area contributed by atoms with E-state index < -0.39 is 11.9 Å². The quantitative estimate of drug-likeness (QED) is 0.356. The van der Waals surface area contributed by atoms with Crippen molar-refractivity contribution in [3.8, 4) is 0 Å². The van der Waals surface area contributed by atoms with Gasteiger partial charge in [0.05, 0.1) is 6.42 Å². The van der Waals surface area contributed by atoms with E-state index in [4.69, 9.17) is 23.2 Å². The van der Waals surface area contributed by atoms with Crippen LogP contribution in [0, 0.1) is 11.7 Å². The summed E-state index contributed by atoms with van der Waals surface area (Å²) in [6.45, 7) is 4.55. The van der Waals surface area contributed by atoms with E-state index in [0.29, 0.717) is 28.6 Å². The molecule has 0 aliphatic carbocycles. The molecule has 4 nitrogen and oxygen atoms in total. The van der Waals surface area contributed by atoms with Crippen molar-refractivity contribution >= 4 is 35.0 Å². The van der Waals surface area contributed by atoms with E-state index in [1.165, 1.54) is 11.0 Å². The van der Waals surface area contributed by atoms with Gasteiger partial charge in [-0.3, -0.25) is 9.59 Å². The number of amides is 2. The first-order chi connectivity index (χ1) is 16.7. The molecule has 0 aliphatic rings. The molecule has 0 unspecified atom stereocenters. The third-order valence-corrected chi connectivity index (χ3v) is 6.20. The van der Waals surface area contributed by atoms with Gasteiger partial charge in [0.15, 0.2) is 0 Å². The number of halogens is 3. The zero-order valence-electron chi connectivity index (χ0n) is 19.8. The number of rotatable bonds is 10. The molecular weight excluding hydrogens is 486 g/mol. The molecule has 1 atom stereocenters. The van der Waals surface area contributed by atoms with Crippen LogP contribution in [0.4, 0.5) is 4.39 Å². The molecule has 0 radical (unpaired) electrons. The van der Waals surface area contributed by atoms with Crippen molar-refractivity contribution in [1.29, 1.82) is 0 Å². The summed E-state index contributed by atoms with van der Waals surface area (Å²) >= 11 is 12.5. The fourth-order valence-electron chi connectivity index (χ4n) is 3.72. The molecule has 0 fully saturated rings. The third-order valence-electron chi connectivity index (χ3n) is 5.61. The van der Waals surface area contributed by atoms with Crippen LogP contribution < -0.4 is 5.32 Å². The van der Waals surface area contributed by atoms with Crippen molar-refractivity contribution in [3.05, 3.63) is 105 Å². The van der Waals surface area contributed by atoms with Crippen LogP contribution in [0.2, 0.25) is 10.0 Å². The van der Waals surface area contributed by atoms with Crippen molar-refractivity contribution in [1.82, 2.24) is 10.2 Å². The molecule has 2 amide bonds. The summed E-state index contributed by atoms with van der Waals surface area (Å²) in [5.41, 5.74) is 1.82. The minimum atomic E-state index is -0.817. The average Bonchev–Trinajstić information content (AvgIpc) is 2.83. The summed E-state index contributed by atoms with van der Waals surface area (Å²) in [6, 6.07) is 19.9. The second kappa shape index (κ2) is 12.7. The lowest BCUT2D eigenvalue weighted by Crippen LogP contribution is -2.51. The van der Waals surface area contributed by atoms with Crippen LogP contribution in [0.1, 0.15) is 30.5 Å². The van der Waals surface area contributed by atoms with E-state index in [0.717, 1.165) is 5.56 Å². The first kappa shape index (κ1) is 26.7. The highest BCUT2D eigenvalue weighted by atomic mass is 35.5.